The summed E-state index contributed by atoms with van der Waals surface area (Å²) in [4.78, 5) is 10.6. The van der Waals surface area contributed by atoms with E-state index in [0.717, 1.165) is 0 Å². The minimum atomic E-state index is -3.57. The molecule has 6 heteroatoms. The van der Waals surface area contributed by atoms with Crippen molar-refractivity contribution in [1.82, 2.24) is 4.31 Å². The van der Waals surface area contributed by atoms with Crippen molar-refractivity contribution in [1.29, 1.82) is 0 Å². The Kier molecular flexibility index (Phi) is 4.25. The van der Waals surface area contributed by atoms with Crippen molar-refractivity contribution in [2.45, 2.75) is 19.9 Å². The van der Waals surface area contributed by atoms with Gasteiger partial charge in [-0.15, -0.1) is 0 Å². The summed E-state index contributed by atoms with van der Waals surface area (Å²) in [6, 6.07) is 6.17. The molecule has 0 aliphatic rings. The van der Waals surface area contributed by atoms with Crippen LogP contribution in [0.3, 0.4) is 0 Å². The second-order valence-corrected chi connectivity index (χ2v) is 5.69. The van der Waals surface area contributed by atoms with Crippen molar-refractivity contribution in [3.8, 4) is 0 Å². The minimum Gasteiger partial charge on any atom is -0.298 e. The van der Waals surface area contributed by atoms with Crippen LogP contribution in [0.4, 0.5) is 5.69 Å². The highest BCUT2D eigenvalue weighted by molar-refractivity contribution is 7.90. The molecule has 1 aromatic rings. The van der Waals surface area contributed by atoms with Gasteiger partial charge in [0.25, 0.3) is 0 Å². The van der Waals surface area contributed by atoms with Gasteiger partial charge in [0, 0.05) is 18.7 Å². The van der Waals surface area contributed by atoms with Crippen molar-refractivity contribution in [2.24, 2.45) is 0 Å². The van der Waals surface area contributed by atoms with Gasteiger partial charge in [0.15, 0.2) is 0 Å². The van der Waals surface area contributed by atoms with Crippen LogP contribution in [0.15, 0.2) is 24.3 Å². The first-order valence-electron chi connectivity index (χ1n) is 5.18. The van der Waals surface area contributed by atoms with Crippen LogP contribution in [0.25, 0.3) is 0 Å². The topological polar surface area (TPSA) is 66.5 Å². The third-order valence-corrected chi connectivity index (χ3v) is 4.05. The lowest BCUT2D eigenvalue weighted by Gasteiger charge is -2.21. The van der Waals surface area contributed by atoms with Crippen LogP contribution in [0.5, 0.6) is 0 Å². The van der Waals surface area contributed by atoms with E-state index in [4.69, 9.17) is 0 Å². The molecular formula is C11H16N2O3S. The predicted octanol–water partition coefficient (Wildman–Crippen LogP) is 1.50. The van der Waals surface area contributed by atoms with Crippen molar-refractivity contribution >= 4 is 22.2 Å². The van der Waals surface area contributed by atoms with Gasteiger partial charge in [-0.1, -0.05) is 12.1 Å². The molecule has 0 aromatic heterocycles. The Bertz CT molecular complexity index is 497. The molecule has 17 heavy (non-hydrogen) atoms. The summed E-state index contributed by atoms with van der Waals surface area (Å²) in [6.07, 6.45) is 0.671. The maximum Gasteiger partial charge on any atom is 0.301 e. The standard InChI is InChI=1S/C11H16N2O3S/c1-9(2)13(3)17(15,16)12-11-6-4-5-10(7-11)8-14/h4-9,12H,1-3H3. The Balaban J connectivity index is 2.94. The number of anilines is 1. The van der Waals surface area contributed by atoms with Crippen LogP contribution in [0.1, 0.15) is 24.2 Å². The maximum atomic E-state index is 11.9. The normalized spacial score (nSPS) is 11.8. The lowest BCUT2D eigenvalue weighted by molar-refractivity contribution is 0.112. The second-order valence-electron chi connectivity index (χ2n) is 3.96. The van der Waals surface area contributed by atoms with Crippen molar-refractivity contribution < 1.29 is 13.2 Å². The van der Waals surface area contributed by atoms with Crippen molar-refractivity contribution in [3.05, 3.63) is 29.8 Å². The van der Waals surface area contributed by atoms with Crippen LogP contribution in [0, 0.1) is 0 Å². The van der Waals surface area contributed by atoms with Gasteiger partial charge in [-0.05, 0) is 26.0 Å². The molecule has 0 radical (unpaired) electrons. The fourth-order valence-electron chi connectivity index (χ4n) is 1.17. The van der Waals surface area contributed by atoms with E-state index in [1.54, 1.807) is 32.0 Å². The van der Waals surface area contributed by atoms with Crippen molar-refractivity contribution in [2.75, 3.05) is 11.8 Å². The van der Waals surface area contributed by atoms with Crippen molar-refractivity contribution in [3.63, 3.8) is 0 Å². The highest BCUT2D eigenvalue weighted by Crippen LogP contribution is 2.13. The van der Waals surface area contributed by atoms with E-state index in [2.05, 4.69) is 4.72 Å². The summed E-state index contributed by atoms with van der Waals surface area (Å²) in [5, 5.41) is 0. The number of nitrogens with zero attached hydrogens (tertiary/aromatic N) is 1. The molecule has 0 spiro atoms. The van der Waals surface area contributed by atoms with E-state index in [9.17, 15) is 13.2 Å². The average Bonchev–Trinajstić information content (AvgIpc) is 2.27. The van der Waals surface area contributed by atoms with E-state index in [1.807, 2.05) is 0 Å². The summed E-state index contributed by atoms with van der Waals surface area (Å²) in [7, 11) is -2.07. The molecule has 0 saturated heterocycles. The number of hydrogen-bond donors (Lipinski definition) is 1. The van der Waals surface area contributed by atoms with Crippen LogP contribution >= 0.6 is 0 Å². The molecule has 1 N–H and O–H groups in total. The molecule has 0 aliphatic heterocycles. The molecule has 0 atom stereocenters. The fraction of sp³-hybridized carbons (Fsp3) is 0.364. The monoisotopic (exact) mass is 256 g/mol. The fourth-order valence-corrected chi connectivity index (χ4v) is 2.30. The molecule has 1 aromatic carbocycles. The van der Waals surface area contributed by atoms with E-state index in [1.165, 1.54) is 17.4 Å². The van der Waals surface area contributed by atoms with Crippen LogP contribution in [-0.4, -0.2) is 32.1 Å². The highest BCUT2D eigenvalue weighted by Gasteiger charge is 2.20. The SMILES string of the molecule is CC(C)N(C)S(=O)(=O)Nc1cccc(C=O)c1. The molecule has 0 saturated carbocycles. The Morgan fingerprint density at radius 2 is 2.00 bits per heavy atom. The Hall–Kier alpha value is -1.40. The van der Waals surface area contributed by atoms with Gasteiger partial charge in [0.2, 0.25) is 0 Å². The summed E-state index contributed by atoms with van der Waals surface area (Å²) in [5.74, 6) is 0. The first-order valence-corrected chi connectivity index (χ1v) is 6.62. The Labute approximate surface area is 102 Å². The smallest absolute Gasteiger partial charge is 0.298 e. The summed E-state index contributed by atoms with van der Waals surface area (Å²) in [5.41, 5.74) is 0.805. The molecule has 0 aliphatic carbocycles. The van der Waals surface area contributed by atoms with Gasteiger partial charge in [0.1, 0.15) is 6.29 Å². The Morgan fingerprint density at radius 1 is 1.35 bits per heavy atom. The third kappa shape index (κ3) is 3.54. The molecule has 0 heterocycles. The molecule has 0 bridgehead atoms. The molecule has 0 amide bonds. The first-order chi connectivity index (χ1) is 7.86. The van der Waals surface area contributed by atoms with Gasteiger partial charge >= 0.3 is 10.2 Å². The van der Waals surface area contributed by atoms with E-state index in [0.29, 0.717) is 17.5 Å². The number of carbonyl (C=O) groups excluding carboxylic acids is 1. The summed E-state index contributed by atoms with van der Waals surface area (Å²) >= 11 is 0. The van der Waals surface area contributed by atoms with E-state index in [-0.39, 0.29) is 6.04 Å². The zero-order chi connectivity index (χ0) is 13.1. The lowest BCUT2D eigenvalue weighted by atomic mass is 10.2. The predicted molar refractivity (Wildman–Crippen MR) is 67.3 cm³/mol. The number of aldehydes is 1. The summed E-state index contributed by atoms with van der Waals surface area (Å²) < 4.78 is 27.4. The largest absolute Gasteiger partial charge is 0.301 e. The highest BCUT2D eigenvalue weighted by atomic mass is 32.2. The zero-order valence-corrected chi connectivity index (χ0v) is 10.9. The number of carbonyl (C=O) groups is 1. The van der Waals surface area contributed by atoms with Gasteiger partial charge in [0.05, 0.1) is 5.69 Å². The van der Waals surface area contributed by atoms with Gasteiger partial charge in [-0.3, -0.25) is 9.52 Å². The summed E-state index contributed by atoms with van der Waals surface area (Å²) in [6.45, 7) is 3.56. The quantitative estimate of drug-likeness (QED) is 0.812. The van der Waals surface area contributed by atoms with E-state index < -0.39 is 10.2 Å². The van der Waals surface area contributed by atoms with Gasteiger partial charge < -0.3 is 0 Å². The third-order valence-electron chi connectivity index (χ3n) is 2.38. The minimum absolute atomic E-state index is 0.137. The average molecular weight is 256 g/mol. The molecular weight excluding hydrogens is 240 g/mol. The maximum absolute atomic E-state index is 11.9. The molecule has 0 fully saturated rings. The molecule has 0 unspecified atom stereocenters. The van der Waals surface area contributed by atoms with Gasteiger partial charge in [-0.2, -0.15) is 12.7 Å². The number of benzene rings is 1. The van der Waals surface area contributed by atoms with Gasteiger partial charge in [-0.25, -0.2) is 0 Å². The molecule has 94 valence electrons. The number of rotatable bonds is 5. The van der Waals surface area contributed by atoms with Crippen LogP contribution < -0.4 is 4.72 Å². The first kappa shape index (κ1) is 13.7. The van der Waals surface area contributed by atoms with Crippen LogP contribution in [-0.2, 0) is 10.2 Å². The van der Waals surface area contributed by atoms with E-state index >= 15 is 0 Å². The number of hydrogen-bond acceptors (Lipinski definition) is 3. The second kappa shape index (κ2) is 5.29. The molecule has 1 rings (SSSR count). The zero-order valence-electron chi connectivity index (χ0n) is 10.0. The number of nitrogens with one attached hydrogen (secondary N) is 1. The van der Waals surface area contributed by atoms with Crippen LogP contribution in [0.2, 0.25) is 0 Å². The Morgan fingerprint density at radius 3 is 2.53 bits per heavy atom. The lowest BCUT2D eigenvalue weighted by Crippen LogP contribution is -2.37. The molecule has 5 nitrogen and oxygen atoms in total.